The number of carbonyl (C=O) groups excluding carboxylic acids is 1. The molecule has 0 bridgehead atoms. The Labute approximate surface area is 175 Å². The molecule has 1 aromatic heterocycles. The molecule has 6 nitrogen and oxygen atoms in total. The van der Waals surface area contributed by atoms with Crippen LogP contribution in [0.5, 0.6) is 0 Å². The lowest BCUT2D eigenvalue weighted by Gasteiger charge is -2.15. The molecular weight excluding hydrogens is 463 g/mol. The monoisotopic (exact) mass is 490 g/mol. The zero-order valence-corrected chi connectivity index (χ0v) is 18.4. The van der Waals surface area contributed by atoms with Gasteiger partial charge in [-0.15, -0.1) is 35.3 Å². The Morgan fingerprint density at radius 1 is 1.19 bits per heavy atom. The summed E-state index contributed by atoms with van der Waals surface area (Å²) in [6, 6.07) is 10.1. The molecule has 0 aliphatic heterocycles. The van der Waals surface area contributed by atoms with Crippen molar-refractivity contribution >= 4 is 57.3 Å². The minimum Gasteiger partial charge on any atom is -0.386 e. The van der Waals surface area contributed by atoms with Crippen molar-refractivity contribution in [2.75, 3.05) is 26.7 Å². The second-order valence-corrected chi connectivity index (χ2v) is 7.14. The van der Waals surface area contributed by atoms with Gasteiger partial charge in [0.15, 0.2) is 5.96 Å². The van der Waals surface area contributed by atoms with Gasteiger partial charge in [0.05, 0.1) is 0 Å². The molecule has 8 heteroatoms. The third kappa shape index (κ3) is 6.73. The van der Waals surface area contributed by atoms with Gasteiger partial charge >= 0.3 is 0 Å². The van der Waals surface area contributed by atoms with Crippen LogP contribution >= 0.6 is 35.3 Å². The maximum atomic E-state index is 11.5. The number of hydrogen-bond donors (Lipinski definition) is 4. The summed E-state index contributed by atoms with van der Waals surface area (Å²) < 4.78 is 1.17. The van der Waals surface area contributed by atoms with Crippen LogP contribution in [0.25, 0.3) is 10.1 Å². The van der Waals surface area contributed by atoms with Crippen molar-refractivity contribution < 1.29 is 9.90 Å². The van der Waals surface area contributed by atoms with Gasteiger partial charge in [-0.3, -0.25) is 9.79 Å². The van der Waals surface area contributed by atoms with E-state index in [4.69, 9.17) is 0 Å². The van der Waals surface area contributed by atoms with Gasteiger partial charge in [-0.2, -0.15) is 0 Å². The molecule has 2 rings (SSSR count). The van der Waals surface area contributed by atoms with E-state index in [0.29, 0.717) is 25.6 Å². The number of guanidine groups is 1. The van der Waals surface area contributed by atoms with E-state index in [0.717, 1.165) is 10.3 Å². The smallest absolute Gasteiger partial charge is 0.222 e. The van der Waals surface area contributed by atoms with Crippen LogP contribution in [-0.4, -0.2) is 43.7 Å². The molecule has 1 amide bonds. The molecule has 0 spiro atoms. The summed E-state index contributed by atoms with van der Waals surface area (Å²) in [5, 5.41) is 20.6. The highest BCUT2D eigenvalue weighted by Crippen LogP contribution is 2.29. The maximum Gasteiger partial charge on any atom is 0.222 e. The maximum absolute atomic E-state index is 11.5. The number of rotatable bonds is 7. The number of benzene rings is 1. The van der Waals surface area contributed by atoms with Crippen LogP contribution in [0.2, 0.25) is 0 Å². The van der Waals surface area contributed by atoms with Crippen LogP contribution in [0.3, 0.4) is 0 Å². The Morgan fingerprint density at radius 3 is 2.54 bits per heavy atom. The van der Waals surface area contributed by atoms with Crippen LogP contribution in [0.4, 0.5) is 0 Å². The van der Waals surface area contributed by atoms with Crippen molar-refractivity contribution in [2.24, 2.45) is 10.9 Å². The number of amides is 1. The van der Waals surface area contributed by atoms with E-state index >= 15 is 0 Å². The van der Waals surface area contributed by atoms with Crippen molar-refractivity contribution in [1.82, 2.24) is 16.0 Å². The summed E-state index contributed by atoms with van der Waals surface area (Å²) in [4.78, 5) is 16.5. The van der Waals surface area contributed by atoms with Crippen molar-refractivity contribution in [3.63, 3.8) is 0 Å². The molecule has 1 unspecified atom stereocenters. The molecule has 1 atom stereocenters. The Bertz CT molecular complexity index is 700. The van der Waals surface area contributed by atoms with Crippen LogP contribution in [0.1, 0.15) is 24.8 Å². The molecule has 2 aromatic rings. The van der Waals surface area contributed by atoms with Gasteiger partial charge < -0.3 is 21.1 Å². The fourth-order valence-electron chi connectivity index (χ4n) is 2.25. The summed E-state index contributed by atoms with van der Waals surface area (Å²) in [5.74, 6) is 0.609. The molecule has 0 aliphatic carbocycles. The molecule has 4 N–H and O–H groups in total. The number of nitrogens with one attached hydrogen (secondary N) is 3. The molecule has 26 heavy (non-hydrogen) atoms. The molecule has 0 saturated carbocycles. The molecule has 0 saturated heterocycles. The first-order valence-electron chi connectivity index (χ1n) is 8.40. The van der Waals surface area contributed by atoms with Gasteiger partial charge in [-0.1, -0.05) is 32.0 Å². The van der Waals surface area contributed by atoms with E-state index in [2.05, 4.69) is 27.0 Å². The Kier molecular flexibility index (Phi) is 9.89. The fourth-order valence-corrected chi connectivity index (χ4v) is 3.30. The quantitative estimate of drug-likeness (QED) is 0.208. The highest BCUT2D eigenvalue weighted by atomic mass is 127. The molecular formula is C18H27IN4O2S. The largest absolute Gasteiger partial charge is 0.386 e. The summed E-state index contributed by atoms with van der Waals surface area (Å²) in [7, 11) is 1.67. The second kappa shape index (κ2) is 11.3. The minimum absolute atomic E-state index is 0. The van der Waals surface area contributed by atoms with Gasteiger partial charge in [0.1, 0.15) is 6.10 Å². The van der Waals surface area contributed by atoms with E-state index in [1.54, 1.807) is 18.4 Å². The number of hydrogen-bond acceptors (Lipinski definition) is 4. The normalized spacial score (nSPS) is 12.6. The Morgan fingerprint density at radius 2 is 1.88 bits per heavy atom. The molecule has 1 aromatic carbocycles. The van der Waals surface area contributed by atoms with Crippen molar-refractivity contribution in [3.8, 4) is 0 Å². The van der Waals surface area contributed by atoms with Gasteiger partial charge in [0, 0.05) is 42.2 Å². The van der Waals surface area contributed by atoms with Gasteiger partial charge in [-0.25, -0.2) is 0 Å². The lowest BCUT2D eigenvalue weighted by Crippen LogP contribution is -2.43. The standard InChI is InChI=1S/C18H26N4O2S.HI/c1-12(2)17(24)20-8-9-21-18(19-3)22-11-14(23)16-10-13-6-4-5-7-15(13)25-16;/h4-7,10,12,14,23H,8-9,11H2,1-3H3,(H,20,24)(H2,19,21,22);1H. The lowest BCUT2D eigenvalue weighted by molar-refractivity contribution is -0.123. The van der Waals surface area contributed by atoms with Gasteiger partial charge in [0.2, 0.25) is 5.91 Å². The summed E-state index contributed by atoms with van der Waals surface area (Å²) >= 11 is 1.59. The number of aliphatic hydroxyl groups is 1. The molecule has 144 valence electrons. The first kappa shape index (κ1) is 22.7. The summed E-state index contributed by atoms with van der Waals surface area (Å²) in [5.41, 5.74) is 0. The van der Waals surface area contributed by atoms with E-state index in [1.807, 2.05) is 38.1 Å². The Balaban J connectivity index is 0.00000338. The van der Waals surface area contributed by atoms with Crippen LogP contribution in [0.15, 0.2) is 35.3 Å². The van der Waals surface area contributed by atoms with Crippen molar-refractivity contribution in [1.29, 1.82) is 0 Å². The third-order valence-electron chi connectivity index (χ3n) is 3.70. The van der Waals surface area contributed by atoms with Crippen LogP contribution < -0.4 is 16.0 Å². The summed E-state index contributed by atoms with van der Waals surface area (Å²) in [6.07, 6.45) is -0.600. The zero-order valence-electron chi connectivity index (χ0n) is 15.3. The second-order valence-electron chi connectivity index (χ2n) is 6.03. The van der Waals surface area contributed by atoms with E-state index in [9.17, 15) is 9.90 Å². The van der Waals surface area contributed by atoms with Crippen molar-refractivity contribution in [2.45, 2.75) is 20.0 Å². The summed E-state index contributed by atoms with van der Waals surface area (Å²) in [6.45, 7) is 5.18. The number of fused-ring (bicyclic) bond motifs is 1. The third-order valence-corrected chi connectivity index (χ3v) is 4.92. The Hall–Kier alpha value is -1.39. The number of aliphatic imine (C=N–C) groups is 1. The number of thiophene rings is 1. The van der Waals surface area contributed by atoms with E-state index < -0.39 is 6.10 Å². The topological polar surface area (TPSA) is 85.8 Å². The lowest BCUT2D eigenvalue weighted by atomic mass is 10.2. The van der Waals surface area contributed by atoms with E-state index in [1.165, 1.54) is 4.70 Å². The average molecular weight is 490 g/mol. The molecule has 1 heterocycles. The first-order valence-corrected chi connectivity index (χ1v) is 9.21. The highest BCUT2D eigenvalue weighted by molar-refractivity contribution is 14.0. The molecule has 0 radical (unpaired) electrons. The predicted octanol–water partition coefficient (Wildman–Crippen LogP) is 2.49. The zero-order chi connectivity index (χ0) is 18.2. The minimum atomic E-state index is -0.600. The first-order chi connectivity index (χ1) is 12.0. The number of carbonyl (C=O) groups is 1. The SMILES string of the molecule is CN=C(NCCNC(=O)C(C)C)NCC(O)c1cc2ccccc2s1.I. The average Bonchev–Trinajstić information content (AvgIpc) is 3.04. The van der Waals surface area contributed by atoms with Crippen molar-refractivity contribution in [3.05, 3.63) is 35.2 Å². The number of nitrogens with zero attached hydrogens (tertiary/aromatic N) is 1. The van der Waals surface area contributed by atoms with Crippen LogP contribution in [-0.2, 0) is 4.79 Å². The molecule has 0 fully saturated rings. The number of halogens is 1. The predicted molar refractivity (Wildman–Crippen MR) is 119 cm³/mol. The highest BCUT2D eigenvalue weighted by Gasteiger charge is 2.12. The van der Waals surface area contributed by atoms with Crippen LogP contribution in [0, 0.1) is 5.92 Å². The number of aliphatic hydroxyl groups excluding tert-OH is 1. The van der Waals surface area contributed by atoms with Gasteiger partial charge in [0.25, 0.3) is 0 Å². The van der Waals surface area contributed by atoms with E-state index in [-0.39, 0.29) is 35.8 Å². The fraction of sp³-hybridized carbons (Fsp3) is 0.444. The van der Waals surface area contributed by atoms with Gasteiger partial charge in [-0.05, 0) is 17.5 Å². The molecule has 0 aliphatic rings.